The molecule has 4 rings (SSSR count). The predicted molar refractivity (Wildman–Crippen MR) is 158 cm³/mol. The highest BCUT2D eigenvalue weighted by Gasteiger charge is 2.48. The van der Waals surface area contributed by atoms with Crippen LogP contribution in [-0.2, 0) is 24.1 Å². The van der Waals surface area contributed by atoms with Crippen molar-refractivity contribution >= 4 is 17.6 Å². The summed E-state index contributed by atoms with van der Waals surface area (Å²) < 4.78 is 30.2. The van der Waals surface area contributed by atoms with Gasteiger partial charge in [0.25, 0.3) is 0 Å². The molecule has 4 heteroatoms. The maximum absolute atomic E-state index is 15.2. The van der Waals surface area contributed by atoms with Crippen molar-refractivity contribution in [3.63, 3.8) is 0 Å². The summed E-state index contributed by atoms with van der Waals surface area (Å²) in [5.41, 5.74) is 4.65. The molecule has 1 saturated carbocycles. The second-order valence-corrected chi connectivity index (χ2v) is 12.2. The SMILES string of the molecule is C=Cc1cccc(CC2(C)CC[C@@](Cc3cc(CCC4=NCCC(C)=C4)ccc3F)(C(=O)CC)C[C@H]2C)c1F. The summed E-state index contributed by atoms with van der Waals surface area (Å²) in [6.45, 7) is 13.0. The third-order valence-corrected chi connectivity index (χ3v) is 9.44. The van der Waals surface area contributed by atoms with Crippen molar-refractivity contribution < 1.29 is 13.6 Å². The molecule has 2 aromatic rings. The van der Waals surface area contributed by atoms with Gasteiger partial charge in [-0.3, -0.25) is 9.79 Å². The van der Waals surface area contributed by atoms with Crippen LogP contribution in [0.25, 0.3) is 6.08 Å². The molecule has 0 amide bonds. The highest BCUT2D eigenvalue weighted by Crippen LogP contribution is 2.53. The van der Waals surface area contributed by atoms with E-state index in [1.54, 1.807) is 18.2 Å². The first-order valence-corrected chi connectivity index (χ1v) is 14.5. The molecule has 0 N–H and O–H groups in total. The van der Waals surface area contributed by atoms with Gasteiger partial charge in [0.1, 0.15) is 17.4 Å². The van der Waals surface area contributed by atoms with Gasteiger partial charge in [-0.2, -0.15) is 0 Å². The van der Waals surface area contributed by atoms with Crippen LogP contribution in [0, 0.1) is 28.4 Å². The van der Waals surface area contributed by atoms with Crippen LogP contribution in [0.1, 0.15) is 88.5 Å². The summed E-state index contributed by atoms with van der Waals surface area (Å²) in [6.07, 6.45) is 10.0. The average molecular weight is 532 g/mol. The minimum Gasteiger partial charge on any atom is -0.299 e. The molecule has 0 aromatic heterocycles. The maximum atomic E-state index is 15.2. The number of hydrogen-bond acceptors (Lipinski definition) is 2. The van der Waals surface area contributed by atoms with Crippen molar-refractivity contribution in [3.8, 4) is 0 Å². The zero-order valence-electron chi connectivity index (χ0n) is 24.1. The normalized spacial score (nSPS) is 25.1. The van der Waals surface area contributed by atoms with Gasteiger partial charge >= 0.3 is 0 Å². The number of ketones is 1. The Bertz CT molecular complexity index is 1290. The lowest BCUT2D eigenvalue weighted by Crippen LogP contribution is -2.45. The third-order valence-electron chi connectivity index (χ3n) is 9.44. The quantitative estimate of drug-likeness (QED) is 0.301. The summed E-state index contributed by atoms with van der Waals surface area (Å²) in [4.78, 5) is 18.1. The number of allylic oxidation sites excluding steroid dienone is 1. The summed E-state index contributed by atoms with van der Waals surface area (Å²) >= 11 is 0. The lowest BCUT2D eigenvalue weighted by molar-refractivity contribution is -0.133. The van der Waals surface area contributed by atoms with E-state index in [9.17, 15) is 4.79 Å². The van der Waals surface area contributed by atoms with Crippen LogP contribution in [0.5, 0.6) is 0 Å². The molecule has 0 radical (unpaired) electrons. The Balaban J connectivity index is 1.53. The van der Waals surface area contributed by atoms with Crippen molar-refractivity contribution in [1.82, 2.24) is 0 Å². The fourth-order valence-electron chi connectivity index (χ4n) is 6.67. The van der Waals surface area contributed by atoms with Gasteiger partial charge in [0.15, 0.2) is 0 Å². The number of rotatable bonds is 10. The van der Waals surface area contributed by atoms with Crippen LogP contribution in [0.4, 0.5) is 8.78 Å². The van der Waals surface area contributed by atoms with Gasteiger partial charge in [0.05, 0.1) is 0 Å². The fourth-order valence-corrected chi connectivity index (χ4v) is 6.67. The van der Waals surface area contributed by atoms with Gasteiger partial charge < -0.3 is 0 Å². The molecule has 0 bridgehead atoms. The Morgan fingerprint density at radius 2 is 1.92 bits per heavy atom. The molecular weight excluding hydrogens is 488 g/mol. The molecule has 1 aliphatic heterocycles. The largest absolute Gasteiger partial charge is 0.299 e. The van der Waals surface area contributed by atoms with Crippen LogP contribution in [0.2, 0.25) is 0 Å². The Morgan fingerprint density at radius 1 is 1.13 bits per heavy atom. The standard InChI is InChI=1S/C35H43F2NO/c1-6-27-9-8-10-28(33(27)37)22-34(5)16-17-35(21-25(34)4,32(39)7-2)23-29-20-26(12-14-31(29)36)11-13-30-19-24(3)15-18-38-30/h6,8-10,12,14,19-20,25H,1,7,11,13,15-18,21-23H2,2-5H3/t25-,34?,35-/m1/s1. The Hall–Kier alpha value is -2.88. The Kier molecular flexibility index (Phi) is 9.03. The van der Waals surface area contributed by atoms with E-state index in [0.29, 0.717) is 48.8 Å². The van der Waals surface area contributed by atoms with Crippen molar-refractivity contribution in [2.45, 2.75) is 85.5 Å². The van der Waals surface area contributed by atoms with E-state index in [1.165, 1.54) is 5.57 Å². The van der Waals surface area contributed by atoms with E-state index in [-0.39, 0.29) is 28.8 Å². The van der Waals surface area contributed by atoms with Crippen molar-refractivity contribution in [2.24, 2.45) is 21.7 Å². The summed E-state index contributed by atoms with van der Waals surface area (Å²) in [5, 5.41) is 0. The number of hydrogen-bond donors (Lipinski definition) is 0. The van der Waals surface area contributed by atoms with Crippen molar-refractivity contribution in [1.29, 1.82) is 0 Å². The highest BCUT2D eigenvalue weighted by molar-refractivity contribution is 5.96. The van der Waals surface area contributed by atoms with Crippen LogP contribution in [-0.4, -0.2) is 18.0 Å². The van der Waals surface area contributed by atoms with E-state index < -0.39 is 5.41 Å². The number of halogens is 2. The van der Waals surface area contributed by atoms with Gasteiger partial charge in [0.2, 0.25) is 0 Å². The second kappa shape index (κ2) is 12.1. The Labute approximate surface area is 233 Å². The highest BCUT2D eigenvalue weighted by atomic mass is 19.1. The van der Waals surface area contributed by atoms with Crippen molar-refractivity contribution in [2.75, 3.05) is 6.54 Å². The molecule has 0 spiro atoms. The van der Waals surface area contributed by atoms with Crippen LogP contribution >= 0.6 is 0 Å². The number of dihydropyridines is 1. The minimum absolute atomic E-state index is 0.148. The molecule has 3 atom stereocenters. The first-order chi connectivity index (χ1) is 18.6. The molecule has 208 valence electrons. The summed E-state index contributed by atoms with van der Waals surface area (Å²) in [5.74, 6) is -0.0551. The Morgan fingerprint density at radius 3 is 2.62 bits per heavy atom. The zero-order valence-corrected chi connectivity index (χ0v) is 24.1. The minimum atomic E-state index is -0.595. The lowest BCUT2D eigenvalue weighted by Gasteiger charge is -2.49. The van der Waals surface area contributed by atoms with E-state index >= 15 is 8.78 Å². The number of carbonyl (C=O) groups is 1. The molecule has 39 heavy (non-hydrogen) atoms. The molecule has 1 heterocycles. The van der Waals surface area contributed by atoms with Gasteiger partial charge in [-0.05, 0) is 98.5 Å². The maximum Gasteiger partial charge on any atom is 0.139 e. The molecule has 2 nitrogen and oxygen atoms in total. The number of benzene rings is 2. The molecule has 1 fully saturated rings. The smallest absolute Gasteiger partial charge is 0.139 e. The molecule has 1 unspecified atom stereocenters. The van der Waals surface area contributed by atoms with Gasteiger partial charge in [0, 0.05) is 29.7 Å². The monoisotopic (exact) mass is 531 g/mol. The van der Waals surface area contributed by atoms with E-state index in [4.69, 9.17) is 0 Å². The molecule has 1 aliphatic carbocycles. The first-order valence-electron chi connectivity index (χ1n) is 14.5. The topological polar surface area (TPSA) is 29.4 Å². The number of aryl methyl sites for hydroxylation is 1. The van der Waals surface area contributed by atoms with Crippen LogP contribution in [0.3, 0.4) is 0 Å². The number of aliphatic imine (C=N–C) groups is 1. The van der Waals surface area contributed by atoms with Gasteiger partial charge in [-0.1, -0.05) is 69.3 Å². The molecular formula is C35H43F2NO. The second-order valence-electron chi connectivity index (χ2n) is 12.2. The molecule has 0 saturated heterocycles. The van der Waals surface area contributed by atoms with Crippen LogP contribution in [0.15, 0.2) is 59.6 Å². The zero-order chi connectivity index (χ0) is 28.2. The van der Waals surface area contributed by atoms with E-state index in [2.05, 4.69) is 38.4 Å². The summed E-state index contributed by atoms with van der Waals surface area (Å²) in [6, 6.07) is 10.9. The van der Waals surface area contributed by atoms with Crippen molar-refractivity contribution in [3.05, 3.63) is 88.5 Å². The number of Topliss-reactive ketones (excluding diaryl/α,β-unsaturated/α-hetero) is 1. The number of carbonyl (C=O) groups excluding carboxylic acids is 1. The third kappa shape index (κ3) is 6.48. The fraction of sp³-hybridized carbons (Fsp3) is 0.486. The first kappa shape index (κ1) is 29.1. The van der Waals surface area contributed by atoms with E-state index in [1.807, 2.05) is 31.2 Å². The van der Waals surface area contributed by atoms with E-state index in [0.717, 1.165) is 43.5 Å². The van der Waals surface area contributed by atoms with Gasteiger partial charge in [-0.25, -0.2) is 8.78 Å². The lowest BCUT2D eigenvalue weighted by atomic mass is 9.54. The molecule has 2 aromatic carbocycles. The number of nitrogens with zero attached hydrogens (tertiary/aromatic N) is 1. The predicted octanol–water partition coefficient (Wildman–Crippen LogP) is 8.91. The summed E-state index contributed by atoms with van der Waals surface area (Å²) in [7, 11) is 0. The van der Waals surface area contributed by atoms with Crippen LogP contribution < -0.4 is 0 Å². The van der Waals surface area contributed by atoms with Gasteiger partial charge in [-0.15, -0.1) is 0 Å². The average Bonchev–Trinajstić information content (AvgIpc) is 2.92. The molecule has 2 aliphatic rings.